The molecule has 0 spiro atoms. The van der Waals surface area contributed by atoms with Gasteiger partial charge in [-0.1, -0.05) is 36.4 Å². The molecule has 0 amide bonds. The van der Waals surface area contributed by atoms with E-state index >= 15 is 0 Å². The molecule has 4 nitrogen and oxygen atoms in total. The van der Waals surface area contributed by atoms with Crippen LogP contribution in [0.4, 0.5) is 17.3 Å². The molecule has 0 unspecified atom stereocenters. The summed E-state index contributed by atoms with van der Waals surface area (Å²) in [6, 6.07) is 18.2. The number of hydrogen-bond acceptors (Lipinski definition) is 4. The van der Waals surface area contributed by atoms with Gasteiger partial charge < -0.3 is 10.6 Å². The van der Waals surface area contributed by atoms with Crippen molar-refractivity contribution in [2.45, 2.75) is 6.92 Å². The lowest BCUT2D eigenvalue weighted by atomic mass is 10.1. The smallest absolute Gasteiger partial charge is 0.227 e. The van der Waals surface area contributed by atoms with Crippen molar-refractivity contribution < 1.29 is 0 Å². The maximum atomic E-state index is 4.59. The zero-order valence-corrected chi connectivity index (χ0v) is 12.7. The summed E-state index contributed by atoms with van der Waals surface area (Å²) in [5.74, 6) is 0.595. The fourth-order valence-corrected chi connectivity index (χ4v) is 2.22. The Balaban J connectivity index is 1.90. The van der Waals surface area contributed by atoms with Crippen LogP contribution in [0, 0.1) is 6.92 Å². The molecule has 3 aromatic rings. The van der Waals surface area contributed by atoms with Gasteiger partial charge in [-0.05, 0) is 30.7 Å². The Morgan fingerprint density at radius 1 is 0.955 bits per heavy atom. The maximum absolute atomic E-state index is 4.59. The molecular weight excluding hydrogens is 272 g/mol. The minimum atomic E-state index is 0.595. The van der Waals surface area contributed by atoms with Gasteiger partial charge in [0.25, 0.3) is 0 Å². The van der Waals surface area contributed by atoms with E-state index < -0.39 is 0 Å². The molecule has 110 valence electrons. The molecule has 0 radical (unpaired) electrons. The van der Waals surface area contributed by atoms with Gasteiger partial charge in [-0.3, -0.25) is 0 Å². The van der Waals surface area contributed by atoms with Crippen LogP contribution >= 0.6 is 0 Å². The lowest BCUT2D eigenvalue weighted by molar-refractivity contribution is 1.17. The van der Waals surface area contributed by atoms with E-state index in [0.29, 0.717) is 5.95 Å². The van der Waals surface area contributed by atoms with Crippen molar-refractivity contribution in [1.82, 2.24) is 9.97 Å². The highest BCUT2D eigenvalue weighted by Crippen LogP contribution is 2.24. The Morgan fingerprint density at radius 3 is 2.55 bits per heavy atom. The Hall–Kier alpha value is -2.88. The molecule has 0 aliphatic rings. The summed E-state index contributed by atoms with van der Waals surface area (Å²) >= 11 is 0. The molecule has 22 heavy (non-hydrogen) atoms. The second-order valence-corrected chi connectivity index (χ2v) is 5.04. The summed E-state index contributed by atoms with van der Waals surface area (Å²) in [6.07, 6.45) is 1.77. The van der Waals surface area contributed by atoms with Gasteiger partial charge in [0.05, 0.1) is 5.69 Å². The van der Waals surface area contributed by atoms with Gasteiger partial charge in [-0.15, -0.1) is 0 Å². The Bertz CT molecular complexity index is 769. The predicted molar refractivity (Wildman–Crippen MR) is 91.5 cm³/mol. The molecule has 1 heterocycles. The molecule has 0 aliphatic carbocycles. The highest BCUT2D eigenvalue weighted by molar-refractivity contribution is 5.66. The van der Waals surface area contributed by atoms with Gasteiger partial charge in [-0.25, -0.2) is 9.97 Å². The topological polar surface area (TPSA) is 49.8 Å². The number of anilines is 3. The summed E-state index contributed by atoms with van der Waals surface area (Å²) in [6.45, 7) is 2.06. The van der Waals surface area contributed by atoms with Crippen LogP contribution in [0.25, 0.3) is 11.3 Å². The van der Waals surface area contributed by atoms with Crippen molar-refractivity contribution >= 4 is 17.3 Å². The van der Waals surface area contributed by atoms with Gasteiger partial charge >= 0.3 is 0 Å². The molecule has 0 bridgehead atoms. The molecule has 2 N–H and O–H groups in total. The number of nitrogens with one attached hydrogen (secondary N) is 2. The molecule has 1 aromatic heterocycles. The first-order chi connectivity index (χ1) is 10.8. The van der Waals surface area contributed by atoms with Crippen LogP contribution in [0.5, 0.6) is 0 Å². The number of nitrogens with zero attached hydrogens (tertiary/aromatic N) is 2. The van der Waals surface area contributed by atoms with Gasteiger partial charge in [-0.2, -0.15) is 0 Å². The molecule has 0 saturated carbocycles. The van der Waals surface area contributed by atoms with E-state index in [1.165, 1.54) is 0 Å². The fraction of sp³-hybridized carbons (Fsp3) is 0.111. The van der Waals surface area contributed by atoms with Crippen LogP contribution in [-0.2, 0) is 0 Å². The van der Waals surface area contributed by atoms with Crippen LogP contribution in [0.15, 0.2) is 60.8 Å². The van der Waals surface area contributed by atoms with Crippen molar-refractivity contribution in [1.29, 1.82) is 0 Å². The van der Waals surface area contributed by atoms with Crippen molar-refractivity contribution in [2.24, 2.45) is 0 Å². The highest BCUT2D eigenvalue weighted by Gasteiger charge is 2.05. The first-order valence-electron chi connectivity index (χ1n) is 7.20. The first kappa shape index (κ1) is 14.1. The van der Waals surface area contributed by atoms with Crippen LogP contribution in [0.1, 0.15) is 5.56 Å². The van der Waals surface area contributed by atoms with E-state index in [1.54, 1.807) is 6.20 Å². The zero-order valence-electron chi connectivity index (χ0n) is 12.7. The average Bonchev–Trinajstić information content (AvgIpc) is 2.58. The number of hydrogen-bond donors (Lipinski definition) is 2. The van der Waals surface area contributed by atoms with E-state index in [0.717, 1.165) is 28.2 Å². The molecule has 0 fully saturated rings. The molecule has 3 rings (SSSR count). The van der Waals surface area contributed by atoms with E-state index in [1.807, 2.05) is 55.6 Å². The van der Waals surface area contributed by atoms with E-state index in [9.17, 15) is 0 Å². The number of aromatic nitrogens is 2. The minimum Gasteiger partial charge on any atom is -0.388 e. The third-order valence-electron chi connectivity index (χ3n) is 3.50. The van der Waals surface area contributed by atoms with Crippen LogP contribution in [0.3, 0.4) is 0 Å². The molecule has 2 aromatic carbocycles. The fourth-order valence-electron chi connectivity index (χ4n) is 2.22. The van der Waals surface area contributed by atoms with E-state index in [4.69, 9.17) is 0 Å². The second kappa shape index (κ2) is 6.26. The average molecular weight is 290 g/mol. The maximum Gasteiger partial charge on any atom is 0.227 e. The predicted octanol–water partition coefficient (Wildman–Crippen LogP) is 4.24. The number of benzene rings is 2. The number of rotatable bonds is 4. The van der Waals surface area contributed by atoms with Crippen molar-refractivity contribution in [3.8, 4) is 11.3 Å². The third kappa shape index (κ3) is 3.06. The molecule has 0 aliphatic heterocycles. The van der Waals surface area contributed by atoms with E-state index in [2.05, 4.69) is 33.6 Å². The minimum absolute atomic E-state index is 0.595. The van der Waals surface area contributed by atoms with Crippen LogP contribution in [-0.4, -0.2) is 17.0 Å². The van der Waals surface area contributed by atoms with Crippen molar-refractivity contribution in [2.75, 3.05) is 17.7 Å². The molecule has 0 saturated heterocycles. The summed E-state index contributed by atoms with van der Waals surface area (Å²) in [4.78, 5) is 8.91. The van der Waals surface area contributed by atoms with E-state index in [-0.39, 0.29) is 0 Å². The highest BCUT2D eigenvalue weighted by atomic mass is 15.1. The quantitative estimate of drug-likeness (QED) is 0.754. The van der Waals surface area contributed by atoms with Crippen LogP contribution in [0.2, 0.25) is 0 Å². The van der Waals surface area contributed by atoms with Crippen molar-refractivity contribution in [3.63, 3.8) is 0 Å². The molecular formula is C18H18N4. The van der Waals surface area contributed by atoms with Crippen LogP contribution < -0.4 is 10.6 Å². The van der Waals surface area contributed by atoms with Gasteiger partial charge in [0.15, 0.2) is 0 Å². The van der Waals surface area contributed by atoms with Gasteiger partial charge in [0.2, 0.25) is 5.95 Å². The standard InChI is InChI=1S/C18H18N4/c1-13-8-9-15(19-2)12-17(13)22-18-20-11-10-16(21-18)14-6-4-3-5-7-14/h3-12,19H,1-2H3,(H,20,21,22). The SMILES string of the molecule is CNc1ccc(C)c(Nc2nccc(-c3ccccc3)n2)c1. The monoisotopic (exact) mass is 290 g/mol. The largest absolute Gasteiger partial charge is 0.388 e. The summed E-state index contributed by atoms with van der Waals surface area (Å²) in [5, 5.41) is 6.43. The Morgan fingerprint density at radius 2 is 1.77 bits per heavy atom. The normalized spacial score (nSPS) is 10.3. The Kier molecular flexibility index (Phi) is 4.01. The molecule has 0 atom stereocenters. The van der Waals surface area contributed by atoms with Gasteiger partial charge in [0.1, 0.15) is 0 Å². The molecule has 4 heteroatoms. The lowest BCUT2D eigenvalue weighted by Gasteiger charge is -2.11. The third-order valence-corrected chi connectivity index (χ3v) is 3.50. The number of aryl methyl sites for hydroxylation is 1. The summed E-state index contributed by atoms with van der Waals surface area (Å²) in [5.41, 5.74) is 5.17. The second-order valence-electron chi connectivity index (χ2n) is 5.04. The van der Waals surface area contributed by atoms with Crippen molar-refractivity contribution in [3.05, 3.63) is 66.4 Å². The zero-order chi connectivity index (χ0) is 15.4. The summed E-state index contributed by atoms with van der Waals surface area (Å²) in [7, 11) is 1.90. The Labute approximate surface area is 130 Å². The summed E-state index contributed by atoms with van der Waals surface area (Å²) < 4.78 is 0. The first-order valence-corrected chi connectivity index (χ1v) is 7.20. The lowest BCUT2D eigenvalue weighted by Crippen LogP contribution is -2.00. The van der Waals surface area contributed by atoms with Gasteiger partial charge in [0, 0.05) is 30.2 Å².